The molecule has 33 heavy (non-hydrogen) atoms. The molecule has 0 aliphatic rings. The van der Waals surface area contributed by atoms with Crippen molar-refractivity contribution in [3.8, 4) is 11.5 Å². The molecule has 0 saturated carbocycles. The molecule has 3 N–H and O–H groups in total. The summed E-state index contributed by atoms with van der Waals surface area (Å²) in [5, 5.41) is 27.7. The molecule has 0 aliphatic heterocycles. The van der Waals surface area contributed by atoms with Crippen LogP contribution in [-0.2, 0) is 5.41 Å². The van der Waals surface area contributed by atoms with Crippen molar-refractivity contribution >= 4 is 11.6 Å². The number of rotatable bonds is 8. The third-order valence-electron chi connectivity index (χ3n) is 5.01. The van der Waals surface area contributed by atoms with Gasteiger partial charge in [0.05, 0.1) is 12.2 Å². The summed E-state index contributed by atoms with van der Waals surface area (Å²) < 4.78 is 5.56. The van der Waals surface area contributed by atoms with E-state index < -0.39 is 6.10 Å². The first-order valence-electron chi connectivity index (χ1n) is 12.1. The molecule has 2 rings (SSSR count). The molecule has 0 bridgehead atoms. The van der Waals surface area contributed by atoms with Crippen molar-refractivity contribution in [3.05, 3.63) is 59.7 Å². The van der Waals surface area contributed by atoms with E-state index in [0.29, 0.717) is 18.9 Å². The summed E-state index contributed by atoms with van der Waals surface area (Å²) in [6.45, 7) is 18.4. The molecular formula is C28H47ClO4. The van der Waals surface area contributed by atoms with Gasteiger partial charge in [-0.1, -0.05) is 86.6 Å². The lowest BCUT2D eigenvalue weighted by Gasteiger charge is -2.26. The Morgan fingerprint density at radius 3 is 1.61 bits per heavy atom. The summed E-state index contributed by atoms with van der Waals surface area (Å²) in [5.74, 6) is 1.67. The van der Waals surface area contributed by atoms with Crippen LogP contribution in [0, 0.1) is 5.92 Å². The number of hydrogen-bond acceptors (Lipinski definition) is 4. The highest BCUT2D eigenvalue weighted by Crippen LogP contribution is 2.33. The minimum absolute atomic E-state index is 0.158. The van der Waals surface area contributed by atoms with Gasteiger partial charge in [0.1, 0.15) is 18.1 Å². The van der Waals surface area contributed by atoms with Crippen LogP contribution in [0.15, 0.2) is 48.5 Å². The minimum Gasteiger partial charge on any atom is -0.508 e. The Balaban J connectivity index is 0. The number of ether oxygens (including phenoxy) is 1. The summed E-state index contributed by atoms with van der Waals surface area (Å²) in [4.78, 5) is 0. The molecule has 2 atom stereocenters. The van der Waals surface area contributed by atoms with Crippen LogP contribution in [0.1, 0.15) is 79.9 Å². The summed E-state index contributed by atoms with van der Waals surface area (Å²) in [6, 6.07) is 15.2. The zero-order valence-corrected chi connectivity index (χ0v) is 22.9. The number of alkyl halides is 1. The van der Waals surface area contributed by atoms with E-state index in [0.717, 1.165) is 11.3 Å². The highest BCUT2D eigenvalue weighted by molar-refractivity contribution is 6.18. The fourth-order valence-electron chi connectivity index (χ4n) is 2.50. The van der Waals surface area contributed by atoms with Gasteiger partial charge < -0.3 is 20.1 Å². The molecule has 0 heterocycles. The van der Waals surface area contributed by atoms with Gasteiger partial charge in [-0.3, -0.25) is 0 Å². The van der Waals surface area contributed by atoms with Gasteiger partial charge in [-0.05, 0) is 47.7 Å². The van der Waals surface area contributed by atoms with E-state index in [1.165, 1.54) is 5.56 Å². The molecular weight excluding hydrogens is 436 g/mol. The van der Waals surface area contributed by atoms with Gasteiger partial charge in [0.2, 0.25) is 0 Å². The number of phenolic OH excluding ortho intramolecular Hbond substituents is 1. The lowest BCUT2D eigenvalue weighted by molar-refractivity contribution is 0.104. The first kappa shape index (κ1) is 33.4. The van der Waals surface area contributed by atoms with Crippen LogP contribution in [0.4, 0.5) is 0 Å². The van der Waals surface area contributed by atoms with Crippen molar-refractivity contribution in [2.45, 2.75) is 86.4 Å². The first-order valence-corrected chi connectivity index (χ1v) is 12.6. The van der Waals surface area contributed by atoms with Gasteiger partial charge >= 0.3 is 0 Å². The lowest BCUT2D eigenvalue weighted by Crippen LogP contribution is -2.19. The highest BCUT2D eigenvalue weighted by Gasteiger charge is 2.23. The molecule has 2 aromatic carbocycles. The van der Waals surface area contributed by atoms with E-state index in [4.69, 9.17) is 21.4 Å². The van der Waals surface area contributed by atoms with Gasteiger partial charge in [0, 0.05) is 11.3 Å². The monoisotopic (exact) mass is 482 g/mol. The molecule has 0 fully saturated rings. The van der Waals surface area contributed by atoms with Crippen LogP contribution in [0.3, 0.4) is 0 Å². The van der Waals surface area contributed by atoms with Gasteiger partial charge in [-0.2, -0.15) is 0 Å². The number of aromatic hydroxyl groups is 1. The first-order chi connectivity index (χ1) is 15.6. The van der Waals surface area contributed by atoms with Crippen molar-refractivity contribution in [1.29, 1.82) is 0 Å². The summed E-state index contributed by atoms with van der Waals surface area (Å²) >= 11 is 5.30. The molecule has 2 aromatic rings. The largest absolute Gasteiger partial charge is 0.508 e. The van der Waals surface area contributed by atoms with Crippen LogP contribution in [-0.4, -0.2) is 40.0 Å². The molecule has 0 aliphatic carbocycles. The standard InChI is InChI=1S/C19H24O3.C5H11ClO.2C2H6/c1-4-16(20)13-22-18-11-7-15(8-12-18)19(2,3)14-5-9-17(21)10-6-14;1-4(2)5(7)3-6;2*1-2/h5-12,16,20-21H,4,13H2,1-3H3;4-5,7H,3H2,1-2H3;2*1-2H3. The lowest BCUT2D eigenvalue weighted by atomic mass is 9.78. The van der Waals surface area contributed by atoms with Crippen molar-refractivity contribution in [3.63, 3.8) is 0 Å². The third kappa shape index (κ3) is 12.9. The maximum Gasteiger partial charge on any atom is 0.119 e. The predicted octanol–water partition coefficient (Wildman–Crippen LogP) is 7.16. The number of hydrogen-bond donors (Lipinski definition) is 3. The number of halogens is 1. The number of benzene rings is 2. The topological polar surface area (TPSA) is 69.9 Å². The van der Waals surface area contributed by atoms with Gasteiger partial charge in [0.15, 0.2) is 0 Å². The molecule has 0 saturated heterocycles. The average Bonchev–Trinajstić information content (AvgIpc) is 2.85. The van der Waals surface area contributed by atoms with E-state index in [-0.39, 0.29) is 23.2 Å². The van der Waals surface area contributed by atoms with Crippen LogP contribution in [0.25, 0.3) is 0 Å². The maximum absolute atomic E-state index is 9.53. The molecule has 0 spiro atoms. The fourth-order valence-corrected chi connectivity index (χ4v) is 2.86. The van der Waals surface area contributed by atoms with Crippen LogP contribution < -0.4 is 4.74 Å². The van der Waals surface area contributed by atoms with E-state index in [2.05, 4.69) is 13.8 Å². The summed E-state index contributed by atoms with van der Waals surface area (Å²) in [6.07, 6.45) is -0.0684. The second-order valence-electron chi connectivity index (χ2n) is 8.03. The molecule has 0 amide bonds. The van der Waals surface area contributed by atoms with E-state index in [1.807, 2.05) is 84.9 Å². The van der Waals surface area contributed by atoms with Crippen LogP contribution in [0.5, 0.6) is 11.5 Å². The normalized spacial score (nSPS) is 12.2. The second-order valence-corrected chi connectivity index (χ2v) is 8.34. The smallest absolute Gasteiger partial charge is 0.119 e. The van der Waals surface area contributed by atoms with E-state index >= 15 is 0 Å². The summed E-state index contributed by atoms with van der Waals surface area (Å²) in [5.41, 5.74) is 2.15. The number of aliphatic hydroxyl groups is 2. The van der Waals surface area contributed by atoms with Gasteiger partial charge in [0.25, 0.3) is 0 Å². The third-order valence-corrected chi connectivity index (χ3v) is 5.32. The zero-order chi connectivity index (χ0) is 26.0. The summed E-state index contributed by atoms with van der Waals surface area (Å²) in [7, 11) is 0. The molecule has 2 unspecified atom stereocenters. The van der Waals surface area contributed by atoms with E-state index in [9.17, 15) is 10.2 Å². The van der Waals surface area contributed by atoms with Crippen molar-refractivity contribution in [1.82, 2.24) is 0 Å². The molecule has 0 radical (unpaired) electrons. The maximum atomic E-state index is 9.53. The Morgan fingerprint density at radius 1 is 0.848 bits per heavy atom. The van der Waals surface area contributed by atoms with Crippen molar-refractivity contribution in [2.24, 2.45) is 5.92 Å². The Bertz CT molecular complexity index is 697. The molecule has 190 valence electrons. The van der Waals surface area contributed by atoms with Crippen LogP contribution >= 0.6 is 11.6 Å². The Labute approximate surface area is 207 Å². The zero-order valence-electron chi connectivity index (χ0n) is 22.1. The van der Waals surface area contributed by atoms with Crippen molar-refractivity contribution in [2.75, 3.05) is 12.5 Å². The average molecular weight is 483 g/mol. The number of aliphatic hydroxyl groups excluding tert-OH is 2. The Hall–Kier alpha value is -1.75. The van der Waals surface area contributed by atoms with Gasteiger partial charge in [-0.15, -0.1) is 11.6 Å². The Kier molecular flexibility index (Phi) is 18.9. The molecule has 4 nitrogen and oxygen atoms in total. The predicted molar refractivity (Wildman–Crippen MR) is 143 cm³/mol. The number of phenols is 1. The van der Waals surface area contributed by atoms with Gasteiger partial charge in [-0.25, -0.2) is 0 Å². The SMILES string of the molecule is CC.CC.CC(C)C(O)CCl.CCC(O)COc1ccc(C(C)(C)c2ccc(O)cc2)cc1. The second kappa shape index (κ2) is 18.7. The highest BCUT2D eigenvalue weighted by atomic mass is 35.5. The van der Waals surface area contributed by atoms with Crippen LogP contribution in [0.2, 0.25) is 0 Å². The van der Waals surface area contributed by atoms with Crippen molar-refractivity contribution < 1.29 is 20.1 Å². The fraction of sp³-hybridized carbons (Fsp3) is 0.571. The minimum atomic E-state index is -0.423. The molecule has 0 aromatic heterocycles. The quantitative estimate of drug-likeness (QED) is 0.349. The Morgan fingerprint density at radius 2 is 1.27 bits per heavy atom. The molecule has 5 heteroatoms. The van der Waals surface area contributed by atoms with E-state index in [1.54, 1.807) is 12.1 Å².